The van der Waals surface area contributed by atoms with Gasteiger partial charge in [-0.25, -0.2) is 0 Å². The van der Waals surface area contributed by atoms with Crippen LogP contribution in [0.3, 0.4) is 0 Å². The van der Waals surface area contributed by atoms with E-state index in [9.17, 15) is 0 Å². The first-order chi connectivity index (χ1) is 31.2. The van der Waals surface area contributed by atoms with Crippen LogP contribution in [-0.4, -0.2) is 4.57 Å². The molecule has 0 saturated heterocycles. The molecular formula is C60H40N2O. The first kappa shape index (κ1) is 36.5. The Morgan fingerprint density at radius 3 is 1.25 bits per heavy atom. The van der Waals surface area contributed by atoms with Crippen molar-refractivity contribution in [2.24, 2.45) is 0 Å². The molecule has 0 fully saturated rings. The highest BCUT2D eigenvalue weighted by molar-refractivity contribution is 6.11. The van der Waals surface area contributed by atoms with E-state index >= 15 is 0 Å². The van der Waals surface area contributed by atoms with Gasteiger partial charge in [-0.15, -0.1) is 0 Å². The number of hydrogen-bond acceptors (Lipinski definition) is 2. The monoisotopic (exact) mass is 804 g/mol. The van der Waals surface area contributed by atoms with Crippen LogP contribution in [0, 0.1) is 0 Å². The maximum absolute atomic E-state index is 6.66. The van der Waals surface area contributed by atoms with Crippen molar-refractivity contribution in [1.82, 2.24) is 4.57 Å². The Morgan fingerprint density at radius 1 is 0.302 bits per heavy atom. The molecule has 0 radical (unpaired) electrons. The molecule has 296 valence electrons. The fraction of sp³-hybridized carbons (Fsp3) is 0. The topological polar surface area (TPSA) is 21.3 Å². The second-order valence-electron chi connectivity index (χ2n) is 16.1. The summed E-state index contributed by atoms with van der Waals surface area (Å²) >= 11 is 0. The van der Waals surface area contributed by atoms with Crippen LogP contribution in [0.5, 0.6) is 0 Å². The van der Waals surface area contributed by atoms with E-state index in [1.807, 2.05) is 12.1 Å². The zero-order chi connectivity index (χ0) is 41.7. The number of fused-ring (bicyclic) bond motifs is 6. The van der Waals surface area contributed by atoms with E-state index in [1.165, 1.54) is 49.6 Å². The van der Waals surface area contributed by atoms with E-state index in [-0.39, 0.29) is 0 Å². The summed E-state index contributed by atoms with van der Waals surface area (Å²) in [7, 11) is 0. The molecular weight excluding hydrogens is 765 g/mol. The molecule has 0 aliphatic heterocycles. The molecule has 0 bridgehead atoms. The molecule has 0 amide bonds. The standard InChI is InChI=1S/C60H40N2O/c1-3-14-41(15-4-1)46-38-47(42-16-5-2-6-17-42)40-48(39-46)45-30-34-50(35-31-45)61(58-24-13-21-55-54-20-9-12-25-59(54)63-60(55)58)49-32-26-43(27-33-49)44-28-36-51(37-29-44)62-56-22-10-7-18-52(56)53-19-8-11-23-57(53)62/h1-40H. The van der Waals surface area contributed by atoms with Gasteiger partial charge in [0.1, 0.15) is 5.58 Å². The van der Waals surface area contributed by atoms with Crippen LogP contribution >= 0.6 is 0 Å². The molecule has 0 aliphatic rings. The third kappa shape index (κ3) is 6.46. The van der Waals surface area contributed by atoms with Gasteiger partial charge in [-0.05, 0) is 123 Å². The van der Waals surface area contributed by atoms with Crippen LogP contribution in [0.4, 0.5) is 17.1 Å². The molecule has 0 saturated carbocycles. The van der Waals surface area contributed by atoms with E-state index < -0.39 is 0 Å². The Kier molecular flexibility index (Phi) is 8.83. The van der Waals surface area contributed by atoms with Gasteiger partial charge in [-0.2, -0.15) is 0 Å². The molecule has 0 spiro atoms. The van der Waals surface area contributed by atoms with Crippen LogP contribution in [-0.2, 0) is 0 Å². The van der Waals surface area contributed by atoms with Gasteiger partial charge in [0.2, 0.25) is 0 Å². The summed E-state index contributed by atoms with van der Waals surface area (Å²) in [5.74, 6) is 0. The molecule has 0 unspecified atom stereocenters. The lowest BCUT2D eigenvalue weighted by atomic mass is 9.93. The highest BCUT2D eigenvalue weighted by atomic mass is 16.3. The second kappa shape index (κ2) is 15.3. The van der Waals surface area contributed by atoms with E-state index in [0.717, 1.165) is 61.4 Å². The Bertz CT molecular complexity index is 3470. The fourth-order valence-electron chi connectivity index (χ4n) is 9.33. The predicted molar refractivity (Wildman–Crippen MR) is 264 cm³/mol. The molecule has 3 nitrogen and oxygen atoms in total. The zero-order valence-corrected chi connectivity index (χ0v) is 34.4. The summed E-state index contributed by atoms with van der Waals surface area (Å²) in [4.78, 5) is 2.32. The normalized spacial score (nSPS) is 11.5. The summed E-state index contributed by atoms with van der Waals surface area (Å²) in [6.07, 6.45) is 0. The molecule has 2 heterocycles. The molecule has 0 aliphatic carbocycles. The van der Waals surface area contributed by atoms with Crippen molar-refractivity contribution in [3.05, 3.63) is 243 Å². The van der Waals surface area contributed by atoms with Crippen LogP contribution in [0.25, 0.3) is 93.9 Å². The quantitative estimate of drug-likeness (QED) is 0.153. The van der Waals surface area contributed by atoms with Crippen LogP contribution in [0.2, 0.25) is 0 Å². The minimum absolute atomic E-state index is 0.857. The Hall–Kier alpha value is -8.40. The maximum atomic E-state index is 6.66. The largest absolute Gasteiger partial charge is 0.454 e. The van der Waals surface area contributed by atoms with Crippen molar-refractivity contribution in [3.63, 3.8) is 0 Å². The van der Waals surface area contributed by atoms with Crippen molar-refractivity contribution < 1.29 is 4.42 Å². The van der Waals surface area contributed by atoms with Gasteiger partial charge in [0.05, 0.1) is 16.7 Å². The van der Waals surface area contributed by atoms with Gasteiger partial charge < -0.3 is 13.9 Å². The minimum Gasteiger partial charge on any atom is -0.454 e. The van der Waals surface area contributed by atoms with Crippen LogP contribution in [0.15, 0.2) is 247 Å². The van der Waals surface area contributed by atoms with Gasteiger partial charge >= 0.3 is 0 Å². The highest BCUT2D eigenvalue weighted by Gasteiger charge is 2.20. The van der Waals surface area contributed by atoms with Gasteiger partial charge in [-0.3, -0.25) is 0 Å². The molecule has 0 N–H and O–H groups in total. The van der Waals surface area contributed by atoms with Crippen molar-refractivity contribution in [2.75, 3.05) is 4.90 Å². The lowest BCUT2D eigenvalue weighted by Gasteiger charge is -2.26. The molecule has 12 rings (SSSR count). The fourth-order valence-corrected chi connectivity index (χ4v) is 9.33. The van der Waals surface area contributed by atoms with E-state index in [4.69, 9.17) is 4.42 Å². The molecule has 2 aromatic heterocycles. The number of anilines is 3. The Morgan fingerprint density at radius 2 is 0.714 bits per heavy atom. The number of nitrogens with zero attached hydrogens (tertiary/aromatic N) is 2. The molecule has 12 aromatic rings. The van der Waals surface area contributed by atoms with Crippen LogP contribution in [0.1, 0.15) is 0 Å². The summed E-state index contributed by atoms with van der Waals surface area (Å²) in [6, 6.07) is 87.0. The second-order valence-corrected chi connectivity index (χ2v) is 16.1. The van der Waals surface area contributed by atoms with Gasteiger partial charge in [0.25, 0.3) is 0 Å². The first-order valence-corrected chi connectivity index (χ1v) is 21.5. The molecule has 63 heavy (non-hydrogen) atoms. The van der Waals surface area contributed by atoms with Gasteiger partial charge in [-0.1, -0.05) is 164 Å². The Labute approximate surface area is 366 Å². The SMILES string of the molecule is c1ccc(-c2cc(-c3ccccc3)cc(-c3ccc(N(c4ccc(-c5ccc(-n6c7ccccc7c7ccccc76)cc5)cc4)c4cccc5c4oc4ccccc45)cc3)c2)cc1. The molecule has 10 aromatic carbocycles. The third-order valence-corrected chi connectivity index (χ3v) is 12.4. The highest BCUT2D eigenvalue weighted by Crippen LogP contribution is 2.43. The lowest BCUT2D eigenvalue weighted by Crippen LogP contribution is -2.10. The lowest BCUT2D eigenvalue weighted by molar-refractivity contribution is 0.669. The number of aromatic nitrogens is 1. The maximum Gasteiger partial charge on any atom is 0.159 e. The minimum atomic E-state index is 0.857. The number of hydrogen-bond donors (Lipinski definition) is 0. The zero-order valence-electron chi connectivity index (χ0n) is 34.4. The van der Waals surface area contributed by atoms with Crippen LogP contribution < -0.4 is 4.90 Å². The Balaban J connectivity index is 0.935. The molecule has 0 atom stereocenters. The van der Waals surface area contributed by atoms with E-state index in [2.05, 4.69) is 240 Å². The van der Waals surface area contributed by atoms with Gasteiger partial charge in [0, 0.05) is 38.6 Å². The summed E-state index contributed by atoms with van der Waals surface area (Å²) in [5, 5.41) is 4.73. The summed E-state index contributed by atoms with van der Waals surface area (Å²) < 4.78 is 9.02. The number of rotatable bonds is 8. The smallest absolute Gasteiger partial charge is 0.159 e. The first-order valence-electron chi connectivity index (χ1n) is 21.5. The van der Waals surface area contributed by atoms with Crippen molar-refractivity contribution in [2.45, 2.75) is 0 Å². The van der Waals surface area contributed by atoms with E-state index in [1.54, 1.807) is 0 Å². The third-order valence-electron chi connectivity index (χ3n) is 12.4. The molecule has 3 heteroatoms. The summed E-state index contributed by atoms with van der Waals surface area (Å²) in [5.41, 5.74) is 17.8. The number of benzene rings is 10. The summed E-state index contributed by atoms with van der Waals surface area (Å²) in [6.45, 7) is 0. The van der Waals surface area contributed by atoms with Crippen molar-refractivity contribution in [3.8, 4) is 50.2 Å². The van der Waals surface area contributed by atoms with Crippen molar-refractivity contribution in [1.29, 1.82) is 0 Å². The van der Waals surface area contributed by atoms with Gasteiger partial charge in [0.15, 0.2) is 5.58 Å². The average molecular weight is 805 g/mol. The number of furan rings is 1. The average Bonchev–Trinajstić information content (AvgIpc) is 3.92. The number of para-hydroxylation sites is 4. The predicted octanol–water partition coefficient (Wildman–Crippen LogP) is 16.8. The van der Waals surface area contributed by atoms with Crippen molar-refractivity contribution >= 4 is 60.8 Å². The van der Waals surface area contributed by atoms with E-state index in [0.29, 0.717) is 0 Å².